The molecule has 1 unspecified atom stereocenters. The van der Waals surface area contributed by atoms with Gasteiger partial charge in [-0.25, -0.2) is 4.98 Å². The molecule has 0 aliphatic carbocycles. The molecule has 1 aromatic carbocycles. The third-order valence-corrected chi connectivity index (χ3v) is 5.01. The highest BCUT2D eigenvalue weighted by Gasteiger charge is 2.22. The largest absolute Gasteiger partial charge is 0.371 e. The number of hydrogen-bond acceptors (Lipinski definition) is 3. The number of benzene rings is 1. The summed E-state index contributed by atoms with van der Waals surface area (Å²) >= 11 is 0. The molecule has 4 heteroatoms. The Morgan fingerprint density at radius 3 is 2.38 bits per heavy atom. The molecular weight excluding hydrogens is 296 g/mol. The number of piperidine rings is 1. The molecule has 1 aromatic heterocycles. The molecule has 0 radical (unpaired) electrons. The van der Waals surface area contributed by atoms with Gasteiger partial charge in [0.15, 0.2) is 0 Å². The van der Waals surface area contributed by atoms with Crippen molar-refractivity contribution in [3.63, 3.8) is 0 Å². The normalized spacial score (nSPS) is 17.9. The topological polar surface area (TPSA) is 44.0 Å². The van der Waals surface area contributed by atoms with Gasteiger partial charge >= 0.3 is 0 Å². The lowest BCUT2D eigenvalue weighted by molar-refractivity contribution is 0.375. The zero-order chi connectivity index (χ0) is 17.2. The molecule has 0 amide bonds. The highest BCUT2D eigenvalue weighted by Crippen LogP contribution is 2.26. The van der Waals surface area contributed by atoms with Crippen LogP contribution in [0.15, 0.2) is 36.7 Å². The molecule has 1 fully saturated rings. The number of nitrogens with zero attached hydrogens (tertiary/aromatic N) is 2. The number of aromatic amines is 1. The third kappa shape index (κ3) is 3.99. The molecule has 1 aliphatic heterocycles. The van der Waals surface area contributed by atoms with Crippen LogP contribution in [-0.2, 0) is 5.41 Å². The lowest BCUT2D eigenvalue weighted by Gasteiger charge is -2.35. The van der Waals surface area contributed by atoms with Gasteiger partial charge in [-0.05, 0) is 42.9 Å². The highest BCUT2D eigenvalue weighted by atomic mass is 15.2. The molecule has 2 heterocycles. The van der Waals surface area contributed by atoms with Crippen molar-refractivity contribution in [1.29, 1.82) is 0 Å². The fourth-order valence-corrected chi connectivity index (χ4v) is 3.42. The van der Waals surface area contributed by atoms with Gasteiger partial charge in [0, 0.05) is 37.2 Å². The summed E-state index contributed by atoms with van der Waals surface area (Å²) in [6, 6.07) is 9.95. The molecule has 24 heavy (non-hydrogen) atoms. The smallest absolute Gasteiger partial charge is 0.122 e. The maximum Gasteiger partial charge on any atom is 0.122 e. The van der Waals surface area contributed by atoms with Crippen LogP contribution in [0, 0.1) is 0 Å². The van der Waals surface area contributed by atoms with Crippen molar-refractivity contribution in [2.75, 3.05) is 18.0 Å². The summed E-state index contributed by atoms with van der Waals surface area (Å²) in [5.74, 6) is 1.02. The van der Waals surface area contributed by atoms with Crippen molar-refractivity contribution in [1.82, 2.24) is 15.3 Å². The van der Waals surface area contributed by atoms with Crippen LogP contribution in [0.2, 0.25) is 0 Å². The van der Waals surface area contributed by atoms with Crippen LogP contribution in [0.4, 0.5) is 5.69 Å². The molecule has 1 aliphatic rings. The Kier molecular flexibility index (Phi) is 4.95. The molecule has 0 bridgehead atoms. The fourth-order valence-electron chi connectivity index (χ4n) is 3.42. The zero-order valence-corrected chi connectivity index (χ0v) is 15.3. The summed E-state index contributed by atoms with van der Waals surface area (Å²) in [6.07, 6.45) is 6.05. The Bertz CT molecular complexity index is 617. The maximum absolute atomic E-state index is 4.34. The van der Waals surface area contributed by atoms with Crippen LogP contribution in [0.1, 0.15) is 58.0 Å². The summed E-state index contributed by atoms with van der Waals surface area (Å²) in [5, 5.41) is 3.70. The van der Waals surface area contributed by atoms with Crippen molar-refractivity contribution < 1.29 is 0 Å². The van der Waals surface area contributed by atoms with Crippen molar-refractivity contribution in [3.05, 3.63) is 48.0 Å². The maximum atomic E-state index is 4.34. The second-order valence-corrected chi connectivity index (χ2v) is 7.92. The second-order valence-electron chi connectivity index (χ2n) is 7.92. The lowest BCUT2D eigenvalue weighted by atomic mass is 9.87. The van der Waals surface area contributed by atoms with E-state index in [9.17, 15) is 0 Å². The fraction of sp³-hybridized carbons (Fsp3) is 0.550. The number of nitrogens with one attached hydrogen (secondary N) is 2. The van der Waals surface area contributed by atoms with Gasteiger partial charge in [-0.2, -0.15) is 0 Å². The summed E-state index contributed by atoms with van der Waals surface area (Å²) in [6.45, 7) is 11.2. The predicted molar refractivity (Wildman–Crippen MR) is 101 cm³/mol. The van der Waals surface area contributed by atoms with E-state index in [0.29, 0.717) is 6.04 Å². The van der Waals surface area contributed by atoms with E-state index >= 15 is 0 Å². The molecule has 2 N–H and O–H groups in total. The highest BCUT2D eigenvalue weighted by molar-refractivity contribution is 5.49. The first-order valence-corrected chi connectivity index (χ1v) is 9.04. The standard InChI is InChI=1S/C20H30N4/c1-15(19-21-11-12-22-19)23-17-9-13-24(14-10-17)18-7-5-16(6-8-18)20(2,3)4/h5-8,11-12,15,17,23H,9-10,13-14H2,1-4H3,(H,21,22). The minimum absolute atomic E-state index is 0.220. The van der Waals surface area contributed by atoms with E-state index in [-0.39, 0.29) is 11.5 Å². The van der Waals surface area contributed by atoms with Gasteiger partial charge in [-0.15, -0.1) is 0 Å². The van der Waals surface area contributed by atoms with Gasteiger partial charge in [0.1, 0.15) is 5.82 Å². The Labute approximate surface area is 145 Å². The van der Waals surface area contributed by atoms with Crippen LogP contribution in [0.3, 0.4) is 0 Å². The van der Waals surface area contributed by atoms with E-state index in [1.807, 2.05) is 12.4 Å². The van der Waals surface area contributed by atoms with E-state index in [4.69, 9.17) is 0 Å². The van der Waals surface area contributed by atoms with E-state index in [1.165, 1.54) is 24.1 Å². The summed E-state index contributed by atoms with van der Waals surface area (Å²) < 4.78 is 0. The average Bonchev–Trinajstić information content (AvgIpc) is 3.09. The van der Waals surface area contributed by atoms with Crippen LogP contribution < -0.4 is 10.2 Å². The Morgan fingerprint density at radius 2 is 1.83 bits per heavy atom. The zero-order valence-electron chi connectivity index (χ0n) is 15.3. The summed E-state index contributed by atoms with van der Waals surface area (Å²) in [7, 11) is 0. The molecular formula is C20H30N4. The molecule has 0 spiro atoms. The number of aromatic nitrogens is 2. The van der Waals surface area contributed by atoms with Crippen molar-refractivity contribution in [3.8, 4) is 0 Å². The number of H-pyrrole nitrogens is 1. The van der Waals surface area contributed by atoms with Gasteiger partial charge in [0.25, 0.3) is 0 Å². The molecule has 4 nitrogen and oxygen atoms in total. The van der Waals surface area contributed by atoms with Crippen molar-refractivity contribution >= 4 is 5.69 Å². The van der Waals surface area contributed by atoms with Gasteiger partial charge in [-0.3, -0.25) is 0 Å². The predicted octanol–water partition coefficient (Wildman–Crippen LogP) is 4.03. The van der Waals surface area contributed by atoms with Gasteiger partial charge in [0.05, 0.1) is 6.04 Å². The average molecular weight is 326 g/mol. The first-order chi connectivity index (χ1) is 11.4. The van der Waals surface area contributed by atoms with Crippen molar-refractivity contribution in [2.45, 2.75) is 58.0 Å². The van der Waals surface area contributed by atoms with E-state index < -0.39 is 0 Å². The van der Waals surface area contributed by atoms with Crippen LogP contribution in [0.25, 0.3) is 0 Å². The summed E-state index contributed by atoms with van der Waals surface area (Å²) in [5.41, 5.74) is 2.97. The van der Waals surface area contributed by atoms with Crippen LogP contribution >= 0.6 is 0 Å². The molecule has 130 valence electrons. The van der Waals surface area contributed by atoms with E-state index in [2.05, 4.69) is 72.1 Å². The Hall–Kier alpha value is -1.81. The number of hydrogen-bond donors (Lipinski definition) is 2. The summed E-state index contributed by atoms with van der Waals surface area (Å²) in [4.78, 5) is 10.0. The van der Waals surface area contributed by atoms with Gasteiger partial charge in [-0.1, -0.05) is 32.9 Å². The molecule has 0 saturated carbocycles. The molecule has 1 atom stereocenters. The Balaban J connectivity index is 1.53. The van der Waals surface area contributed by atoms with E-state index in [1.54, 1.807) is 0 Å². The minimum atomic E-state index is 0.220. The van der Waals surface area contributed by atoms with Crippen LogP contribution in [-0.4, -0.2) is 29.1 Å². The van der Waals surface area contributed by atoms with E-state index in [0.717, 1.165) is 18.9 Å². The number of anilines is 1. The minimum Gasteiger partial charge on any atom is -0.371 e. The molecule has 2 aromatic rings. The van der Waals surface area contributed by atoms with Crippen molar-refractivity contribution in [2.24, 2.45) is 0 Å². The first-order valence-electron chi connectivity index (χ1n) is 9.04. The molecule has 3 rings (SSSR count). The quantitative estimate of drug-likeness (QED) is 0.891. The van der Waals surface area contributed by atoms with Gasteiger partial charge in [0.2, 0.25) is 0 Å². The monoisotopic (exact) mass is 326 g/mol. The first kappa shape index (κ1) is 17.0. The number of rotatable bonds is 4. The lowest BCUT2D eigenvalue weighted by Crippen LogP contribution is -2.43. The number of imidazole rings is 1. The molecule has 1 saturated heterocycles. The third-order valence-electron chi connectivity index (χ3n) is 5.01. The van der Waals surface area contributed by atoms with Crippen LogP contribution in [0.5, 0.6) is 0 Å². The SMILES string of the molecule is CC(NC1CCN(c2ccc(C(C)(C)C)cc2)CC1)c1ncc[nH]1. The van der Waals surface area contributed by atoms with Gasteiger partial charge < -0.3 is 15.2 Å². The second kappa shape index (κ2) is 6.98. The Morgan fingerprint density at radius 1 is 1.17 bits per heavy atom.